The van der Waals surface area contributed by atoms with Gasteiger partial charge in [-0.2, -0.15) is 0 Å². The Morgan fingerprint density at radius 3 is 2.59 bits per heavy atom. The van der Waals surface area contributed by atoms with Crippen LogP contribution in [0.25, 0.3) is 0 Å². The van der Waals surface area contributed by atoms with E-state index < -0.39 is 0 Å². The number of rotatable bonds is 5. The Hall–Kier alpha value is -1.65. The van der Waals surface area contributed by atoms with Crippen LogP contribution in [0.5, 0.6) is 0 Å². The molecule has 0 fully saturated rings. The molecule has 0 saturated carbocycles. The zero-order valence-corrected chi connectivity index (χ0v) is 18.0. The van der Waals surface area contributed by atoms with Gasteiger partial charge in [0.25, 0.3) is 0 Å². The summed E-state index contributed by atoms with van der Waals surface area (Å²) in [6.07, 6.45) is 1.98. The minimum Gasteiger partial charge on any atom is -0.330 e. The van der Waals surface area contributed by atoms with E-state index in [2.05, 4.69) is 80.5 Å². The van der Waals surface area contributed by atoms with Crippen molar-refractivity contribution in [3.63, 3.8) is 0 Å². The van der Waals surface area contributed by atoms with Crippen molar-refractivity contribution < 1.29 is 4.79 Å². The van der Waals surface area contributed by atoms with E-state index in [1.54, 1.807) is 0 Å². The van der Waals surface area contributed by atoms with Gasteiger partial charge in [0, 0.05) is 17.5 Å². The quantitative estimate of drug-likeness (QED) is 0.794. The molecule has 27 heavy (non-hydrogen) atoms. The van der Waals surface area contributed by atoms with Gasteiger partial charge in [-0.1, -0.05) is 52.0 Å². The summed E-state index contributed by atoms with van der Waals surface area (Å²) in [5.41, 5.74) is 3.96. The number of nitrogens with one attached hydrogen (secondary N) is 1. The molecular weight excluding hydrogens is 352 g/mol. The summed E-state index contributed by atoms with van der Waals surface area (Å²) in [6.45, 7) is 12.2. The van der Waals surface area contributed by atoms with Crippen LogP contribution in [0.2, 0.25) is 0 Å². The molecule has 146 valence electrons. The minimum atomic E-state index is 0.0280. The van der Waals surface area contributed by atoms with Crippen molar-refractivity contribution >= 4 is 17.2 Å². The topological polar surface area (TPSA) is 32.3 Å². The SMILES string of the molecule is CC[C@@H](C)NCC(=O)N1CCc2sccc2[C@H]1c1ccc(C(C)(C)C)cc1. The third-order valence-corrected chi connectivity index (χ3v) is 6.59. The second-order valence-corrected chi connectivity index (χ2v) is 9.60. The fourth-order valence-corrected chi connectivity index (χ4v) is 4.52. The summed E-state index contributed by atoms with van der Waals surface area (Å²) in [6, 6.07) is 11.4. The lowest BCUT2D eigenvalue weighted by atomic mass is 9.85. The van der Waals surface area contributed by atoms with E-state index in [0.717, 1.165) is 19.4 Å². The molecule has 2 atom stereocenters. The number of carbonyl (C=O) groups excluding carboxylic acids is 1. The molecule has 1 aliphatic heterocycles. The maximum absolute atomic E-state index is 13.0. The Kier molecular flexibility index (Phi) is 6.07. The molecule has 0 bridgehead atoms. The summed E-state index contributed by atoms with van der Waals surface area (Å²) in [5, 5.41) is 5.52. The van der Waals surface area contributed by atoms with E-state index in [9.17, 15) is 4.79 Å². The minimum absolute atomic E-state index is 0.0280. The summed E-state index contributed by atoms with van der Waals surface area (Å²) in [5.74, 6) is 0.192. The first-order valence-electron chi connectivity index (χ1n) is 10.0. The van der Waals surface area contributed by atoms with Crippen LogP contribution in [-0.2, 0) is 16.6 Å². The first kappa shape index (κ1) is 20.1. The van der Waals surface area contributed by atoms with Gasteiger partial charge in [-0.15, -0.1) is 11.3 Å². The fraction of sp³-hybridized carbons (Fsp3) is 0.522. The maximum atomic E-state index is 13.0. The van der Waals surface area contributed by atoms with Crippen molar-refractivity contribution in [2.75, 3.05) is 13.1 Å². The molecule has 1 aliphatic rings. The van der Waals surface area contributed by atoms with E-state index in [4.69, 9.17) is 0 Å². The Balaban J connectivity index is 1.89. The monoisotopic (exact) mass is 384 g/mol. The number of hydrogen-bond acceptors (Lipinski definition) is 3. The van der Waals surface area contributed by atoms with Crippen molar-refractivity contribution in [1.29, 1.82) is 0 Å². The van der Waals surface area contributed by atoms with Gasteiger partial charge in [-0.25, -0.2) is 0 Å². The van der Waals surface area contributed by atoms with E-state index in [-0.39, 0.29) is 17.4 Å². The van der Waals surface area contributed by atoms with Crippen molar-refractivity contribution in [3.05, 3.63) is 57.3 Å². The van der Waals surface area contributed by atoms with E-state index in [1.165, 1.54) is 21.6 Å². The van der Waals surface area contributed by atoms with Crippen LogP contribution >= 0.6 is 11.3 Å². The lowest BCUT2D eigenvalue weighted by Gasteiger charge is -2.37. The molecule has 0 saturated heterocycles. The van der Waals surface area contributed by atoms with Crippen molar-refractivity contribution in [2.45, 2.75) is 65.0 Å². The average molecular weight is 385 g/mol. The van der Waals surface area contributed by atoms with Crippen LogP contribution in [-0.4, -0.2) is 29.9 Å². The van der Waals surface area contributed by atoms with Crippen molar-refractivity contribution in [2.24, 2.45) is 0 Å². The van der Waals surface area contributed by atoms with Gasteiger partial charge in [0.2, 0.25) is 5.91 Å². The number of thiophene rings is 1. The molecule has 1 N–H and O–H groups in total. The molecule has 2 aromatic rings. The van der Waals surface area contributed by atoms with Crippen molar-refractivity contribution in [3.8, 4) is 0 Å². The maximum Gasteiger partial charge on any atom is 0.237 e. The smallest absolute Gasteiger partial charge is 0.237 e. The van der Waals surface area contributed by atoms with Crippen LogP contribution in [0.15, 0.2) is 35.7 Å². The zero-order chi connectivity index (χ0) is 19.6. The van der Waals surface area contributed by atoms with Crippen LogP contribution in [0.4, 0.5) is 0 Å². The van der Waals surface area contributed by atoms with Crippen LogP contribution in [0.3, 0.4) is 0 Å². The molecule has 3 nitrogen and oxygen atoms in total. The van der Waals surface area contributed by atoms with Gasteiger partial charge in [0.1, 0.15) is 0 Å². The number of amides is 1. The highest BCUT2D eigenvalue weighted by atomic mass is 32.1. The largest absolute Gasteiger partial charge is 0.330 e. The Morgan fingerprint density at radius 2 is 1.96 bits per heavy atom. The standard InChI is InChI=1S/C23H32N2OS/c1-6-16(2)24-15-21(26)25-13-11-20-19(12-14-27-20)22(25)17-7-9-18(10-8-17)23(3,4)5/h7-10,12,14,16,22,24H,6,11,13,15H2,1-5H3/t16-,22-/m1/s1. The van der Waals surface area contributed by atoms with Gasteiger partial charge < -0.3 is 10.2 Å². The number of carbonyl (C=O) groups is 1. The Bertz CT molecular complexity index is 772. The molecule has 0 radical (unpaired) electrons. The lowest BCUT2D eigenvalue weighted by Crippen LogP contribution is -2.45. The first-order chi connectivity index (χ1) is 12.8. The normalized spacial score (nSPS) is 18.3. The third kappa shape index (κ3) is 4.44. The highest BCUT2D eigenvalue weighted by molar-refractivity contribution is 7.10. The highest BCUT2D eigenvalue weighted by Crippen LogP contribution is 2.38. The molecule has 2 heterocycles. The molecule has 1 aromatic carbocycles. The molecule has 4 heteroatoms. The van der Waals surface area contributed by atoms with E-state index in [1.807, 2.05) is 11.3 Å². The molecular formula is C23H32N2OS. The summed E-state index contributed by atoms with van der Waals surface area (Å²) < 4.78 is 0. The van der Waals surface area contributed by atoms with E-state index in [0.29, 0.717) is 12.6 Å². The fourth-order valence-electron chi connectivity index (χ4n) is 3.62. The van der Waals surface area contributed by atoms with Crippen molar-refractivity contribution in [1.82, 2.24) is 10.2 Å². The average Bonchev–Trinajstić information content (AvgIpc) is 3.13. The molecule has 1 amide bonds. The number of hydrogen-bond donors (Lipinski definition) is 1. The summed E-state index contributed by atoms with van der Waals surface area (Å²) in [7, 11) is 0. The molecule has 0 unspecified atom stereocenters. The number of benzene rings is 1. The number of fused-ring (bicyclic) bond motifs is 1. The lowest BCUT2D eigenvalue weighted by molar-refractivity contribution is -0.132. The van der Waals surface area contributed by atoms with E-state index >= 15 is 0 Å². The molecule has 3 rings (SSSR count). The second kappa shape index (κ2) is 8.15. The molecule has 0 aliphatic carbocycles. The van der Waals surface area contributed by atoms with Crippen LogP contribution in [0.1, 0.15) is 68.6 Å². The summed E-state index contributed by atoms with van der Waals surface area (Å²) in [4.78, 5) is 16.5. The predicted octanol–water partition coefficient (Wildman–Crippen LogP) is 4.91. The predicted molar refractivity (Wildman–Crippen MR) is 114 cm³/mol. The summed E-state index contributed by atoms with van der Waals surface area (Å²) >= 11 is 1.81. The van der Waals surface area contributed by atoms with Gasteiger partial charge in [0.05, 0.1) is 12.6 Å². The molecule has 1 aromatic heterocycles. The van der Waals surface area contributed by atoms with Gasteiger partial charge in [-0.3, -0.25) is 4.79 Å². The molecule has 0 spiro atoms. The van der Waals surface area contributed by atoms with Gasteiger partial charge in [-0.05, 0) is 53.3 Å². The third-order valence-electron chi connectivity index (χ3n) is 5.59. The van der Waals surface area contributed by atoms with Gasteiger partial charge >= 0.3 is 0 Å². The highest BCUT2D eigenvalue weighted by Gasteiger charge is 2.32. The number of nitrogens with zero attached hydrogens (tertiary/aromatic N) is 1. The first-order valence-corrected chi connectivity index (χ1v) is 10.9. The zero-order valence-electron chi connectivity index (χ0n) is 17.2. The second-order valence-electron chi connectivity index (χ2n) is 8.60. The van der Waals surface area contributed by atoms with Crippen LogP contribution in [0, 0.1) is 0 Å². The van der Waals surface area contributed by atoms with Crippen LogP contribution < -0.4 is 5.32 Å². The Labute approximate surface area is 167 Å². The van der Waals surface area contributed by atoms with Gasteiger partial charge in [0.15, 0.2) is 0 Å². The Morgan fingerprint density at radius 1 is 1.26 bits per heavy atom.